The standard InChI is InChI=1S/C27H34N2O4/c1-32-24-9-8-21(17-25(24)33-2)12-15-29-19-23(18-26(29)30)27(31)28-13-10-22(11-14-28)16-20-6-4-3-5-7-20/h3-9,17,22-23H,10-16,18-19H2,1-2H3/t23-/m0/s1. The first kappa shape index (κ1) is 23.1. The van der Waals surface area contributed by atoms with Crippen molar-refractivity contribution < 1.29 is 19.1 Å². The van der Waals surface area contributed by atoms with Crippen molar-refractivity contribution in [1.29, 1.82) is 0 Å². The lowest BCUT2D eigenvalue weighted by atomic mass is 9.89. The Hall–Kier alpha value is -3.02. The van der Waals surface area contributed by atoms with E-state index in [0.29, 0.717) is 36.9 Å². The number of methoxy groups -OCH3 is 2. The third-order valence-electron chi connectivity index (χ3n) is 6.98. The van der Waals surface area contributed by atoms with Crippen LogP contribution in [-0.4, -0.2) is 62.0 Å². The van der Waals surface area contributed by atoms with E-state index in [1.807, 2.05) is 34.1 Å². The summed E-state index contributed by atoms with van der Waals surface area (Å²) in [6.45, 7) is 2.73. The maximum Gasteiger partial charge on any atom is 0.227 e. The highest BCUT2D eigenvalue weighted by Gasteiger charge is 2.37. The van der Waals surface area contributed by atoms with Gasteiger partial charge in [0.05, 0.1) is 20.1 Å². The minimum Gasteiger partial charge on any atom is -0.493 e. The molecular weight excluding hydrogens is 416 g/mol. The molecule has 6 nitrogen and oxygen atoms in total. The van der Waals surface area contributed by atoms with Crippen molar-refractivity contribution in [3.05, 3.63) is 59.7 Å². The van der Waals surface area contributed by atoms with Gasteiger partial charge in [-0.1, -0.05) is 36.4 Å². The fraction of sp³-hybridized carbons (Fsp3) is 0.481. The fourth-order valence-electron chi connectivity index (χ4n) is 5.02. The molecule has 0 saturated carbocycles. The quantitative estimate of drug-likeness (QED) is 0.617. The summed E-state index contributed by atoms with van der Waals surface area (Å²) in [6, 6.07) is 16.4. The van der Waals surface area contributed by atoms with Gasteiger partial charge >= 0.3 is 0 Å². The molecule has 2 aromatic carbocycles. The SMILES string of the molecule is COc1ccc(CCN2C[C@@H](C(=O)N3CCC(Cc4ccccc4)CC3)CC2=O)cc1OC. The molecule has 0 unspecified atom stereocenters. The van der Waals surface area contributed by atoms with Gasteiger partial charge in [0, 0.05) is 32.6 Å². The van der Waals surface area contributed by atoms with Crippen molar-refractivity contribution in [2.45, 2.75) is 32.1 Å². The number of amides is 2. The molecule has 2 amide bonds. The minimum absolute atomic E-state index is 0.0767. The molecule has 0 bridgehead atoms. The molecule has 2 aliphatic heterocycles. The molecule has 0 aromatic heterocycles. The summed E-state index contributed by atoms with van der Waals surface area (Å²) < 4.78 is 10.7. The predicted molar refractivity (Wildman–Crippen MR) is 127 cm³/mol. The number of carbonyl (C=O) groups is 2. The second-order valence-corrected chi connectivity index (χ2v) is 9.14. The monoisotopic (exact) mass is 450 g/mol. The Kier molecular flexibility index (Phi) is 7.53. The van der Waals surface area contributed by atoms with Gasteiger partial charge in [0.1, 0.15) is 0 Å². The zero-order valence-electron chi connectivity index (χ0n) is 19.7. The number of hydrogen-bond donors (Lipinski definition) is 0. The summed E-state index contributed by atoms with van der Waals surface area (Å²) in [6.07, 6.45) is 4.19. The van der Waals surface area contributed by atoms with Gasteiger partial charge in [0.2, 0.25) is 11.8 Å². The molecule has 0 N–H and O–H groups in total. The summed E-state index contributed by atoms with van der Waals surface area (Å²) in [7, 11) is 3.23. The molecule has 176 valence electrons. The van der Waals surface area contributed by atoms with E-state index < -0.39 is 0 Å². The largest absolute Gasteiger partial charge is 0.493 e. The number of carbonyl (C=O) groups excluding carboxylic acids is 2. The van der Waals surface area contributed by atoms with Crippen molar-refractivity contribution >= 4 is 11.8 Å². The third kappa shape index (κ3) is 5.67. The van der Waals surface area contributed by atoms with Gasteiger partial charge in [-0.2, -0.15) is 0 Å². The molecule has 0 aliphatic carbocycles. The van der Waals surface area contributed by atoms with E-state index in [0.717, 1.165) is 44.3 Å². The highest BCUT2D eigenvalue weighted by atomic mass is 16.5. The molecule has 4 rings (SSSR count). The van der Waals surface area contributed by atoms with Crippen molar-refractivity contribution in [1.82, 2.24) is 9.80 Å². The maximum absolute atomic E-state index is 13.1. The van der Waals surface area contributed by atoms with E-state index in [9.17, 15) is 9.59 Å². The van der Waals surface area contributed by atoms with Crippen molar-refractivity contribution in [3.8, 4) is 11.5 Å². The smallest absolute Gasteiger partial charge is 0.227 e. The van der Waals surface area contributed by atoms with Gasteiger partial charge in [0.25, 0.3) is 0 Å². The van der Waals surface area contributed by atoms with Crippen LogP contribution in [0.4, 0.5) is 0 Å². The lowest BCUT2D eigenvalue weighted by Gasteiger charge is -2.33. The van der Waals surface area contributed by atoms with Crippen LogP contribution in [0.3, 0.4) is 0 Å². The zero-order chi connectivity index (χ0) is 23.2. The highest BCUT2D eigenvalue weighted by Crippen LogP contribution is 2.29. The normalized spacial score (nSPS) is 19.1. The van der Waals surface area contributed by atoms with Gasteiger partial charge in [-0.3, -0.25) is 9.59 Å². The van der Waals surface area contributed by atoms with E-state index in [1.165, 1.54) is 5.56 Å². The second kappa shape index (κ2) is 10.7. The first-order valence-corrected chi connectivity index (χ1v) is 11.9. The van der Waals surface area contributed by atoms with Gasteiger partial charge < -0.3 is 19.3 Å². The molecule has 1 atom stereocenters. The topological polar surface area (TPSA) is 59.1 Å². The highest BCUT2D eigenvalue weighted by molar-refractivity contribution is 5.89. The number of ether oxygens (including phenoxy) is 2. The molecule has 2 heterocycles. The summed E-state index contributed by atoms with van der Waals surface area (Å²) >= 11 is 0. The molecule has 2 fully saturated rings. The maximum atomic E-state index is 13.1. The predicted octanol–water partition coefficient (Wildman–Crippen LogP) is 3.58. The van der Waals surface area contributed by atoms with Gasteiger partial charge in [-0.05, 0) is 54.9 Å². The Labute approximate surface area is 196 Å². The molecule has 0 radical (unpaired) electrons. The number of piperidine rings is 1. The number of nitrogens with zero attached hydrogens (tertiary/aromatic N) is 2. The van der Waals surface area contributed by atoms with Crippen molar-refractivity contribution in [2.75, 3.05) is 40.4 Å². The van der Waals surface area contributed by atoms with E-state index in [4.69, 9.17) is 9.47 Å². The van der Waals surface area contributed by atoms with Crippen LogP contribution in [0.2, 0.25) is 0 Å². The minimum atomic E-state index is -0.214. The Morgan fingerprint density at radius 2 is 1.70 bits per heavy atom. The third-order valence-corrected chi connectivity index (χ3v) is 6.98. The van der Waals surface area contributed by atoms with Crippen molar-refractivity contribution in [3.63, 3.8) is 0 Å². The number of hydrogen-bond acceptors (Lipinski definition) is 4. The summed E-state index contributed by atoms with van der Waals surface area (Å²) in [5.41, 5.74) is 2.45. The van der Waals surface area contributed by atoms with E-state index in [-0.39, 0.29) is 17.7 Å². The van der Waals surface area contributed by atoms with Crippen LogP contribution in [-0.2, 0) is 22.4 Å². The zero-order valence-corrected chi connectivity index (χ0v) is 19.7. The summed E-state index contributed by atoms with van der Waals surface area (Å²) in [4.78, 5) is 29.5. The second-order valence-electron chi connectivity index (χ2n) is 9.14. The molecule has 2 saturated heterocycles. The van der Waals surface area contributed by atoms with Crippen molar-refractivity contribution in [2.24, 2.45) is 11.8 Å². The van der Waals surface area contributed by atoms with Crippen LogP contribution in [0.25, 0.3) is 0 Å². The van der Waals surface area contributed by atoms with E-state index in [2.05, 4.69) is 24.3 Å². The lowest BCUT2D eigenvalue weighted by Crippen LogP contribution is -2.42. The van der Waals surface area contributed by atoms with Crippen LogP contribution in [0.15, 0.2) is 48.5 Å². The van der Waals surface area contributed by atoms with Crippen LogP contribution >= 0.6 is 0 Å². The lowest BCUT2D eigenvalue weighted by molar-refractivity contribution is -0.137. The van der Waals surface area contributed by atoms with Gasteiger partial charge in [0.15, 0.2) is 11.5 Å². The molecular formula is C27H34N2O4. The molecule has 2 aromatic rings. The number of benzene rings is 2. The molecule has 2 aliphatic rings. The Bertz CT molecular complexity index is 954. The molecule has 0 spiro atoms. The van der Waals surface area contributed by atoms with E-state index in [1.54, 1.807) is 14.2 Å². The summed E-state index contributed by atoms with van der Waals surface area (Å²) in [5, 5.41) is 0. The first-order valence-electron chi connectivity index (χ1n) is 11.9. The van der Waals surface area contributed by atoms with Crippen LogP contribution in [0.5, 0.6) is 11.5 Å². The summed E-state index contributed by atoms with van der Waals surface area (Å²) in [5.74, 6) is 2.01. The van der Waals surface area contributed by atoms with Gasteiger partial charge in [-0.25, -0.2) is 0 Å². The van der Waals surface area contributed by atoms with Gasteiger partial charge in [-0.15, -0.1) is 0 Å². The van der Waals surface area contributed by atoms with Crippen LogP contribution < -0.4 is 9.47 Å². The number of rotatable bonds is 8. The Balaban J connectivity index is 1.25. The molecule has 33 heavy (non-hydrogen) atoms. The molecule has 6 heteroatoms. The van der Waals surface area contributed by atoms with Crippen LogP contribution in [0, 0.1) is 11.8 Å². The first-order chi connectivity index (χ1) is 16.1. The Morgan fingerprint density at radius 1 is 0.970 bits per heavy atom. The Morgan fingerprint density at radius 3 is 2.39 bits per heavy atom. The average molecular weight is 451 g/mol. The average Bonchev–Trinajstić information content (AvgIpc) is 3.23. The fourth-order valence-corrected chi connectivity index (χ4v) is 5.02. The number of likely N-dealkylation sites (tertiary alicyclic amines) is 2. The van der Waals surface area contributed by atoms with E-state index >= 15 is 0 Å². The van der Waals surface area contributed by atoms with Crippen LogP contribution in [0.1, 0.15) is 30.4 Å².